The number of benzene rings is 3. The summed E-state index contributed by atoms with van der Waals surface area (Å²) >= 11 is 0. The van der Waals surface area contributed by atoms with Crippen LogP contribution in [-0.4, -0.2) is 26.8 Å². The molecule has 0 radical (unpaired) electrons. The normalized spacial score (nSPS) is 20.1. The van der Waals surface area contributed by atoms with Crippen LogP contribution in [0.2, 0.25) is 0 Å². The molecule has 6 heteroatoms. The first kappa shape index (κ1) is 21.6. The average molecular weight is 470 g/mol. The Morgan fingerprint density at radius 1 is 0.857 bits per heavy atom. The lowest BCUT2D eigenvalue weighted by atomic mass is 9.72. The Bertz CT molecular complexity index is 1360. The van der Waals surface area contributed by atoms with Gasteiger partial charge >= 0.3 is 0 Å². The summed E-state index contributed by atoms with van der Waals surface area (Å²) in [6.45, 7) is 2.28. The summed E-state index contributed by atoms with van der Waals surface area (Å²) in [5, 5.41) is 3.59. The van der Waals surface area contributed by atoms with E-state index >= 15 is 0 Å². The van der Waals surface area contributed by atoms with E-state index in [4.69, 9.17) is 18.9 Å². The van der Waals surface area contributed by atoms with E-state index in [1.165, 1.54) is 5.56 Å². The lowest BCUT2D eigenvalue weighted by molar-refractivity contribution is -0.116. The molecular formula is C29H27NO5. The predicted molar refractivity (Wildman–Crippen MR) is 133 cm³/mol. The summed E-state index contributed by atoms with van der Waals surface area (Å²) in [6.07, 6.45) is 1.17. The fraction of sp³-hybridized carbons (Fsp3) is 0.276. The molecule has 2 heterocycles. The maximum Gasteiger partial charge on any atom is 0.231 e. The number of nitrogens with one attached hydrogen (secondary N) is 1. The van der Waals surface area contributed by atoms with Gasteiger partial charge in [0.05, 0.1) is 14.2 Å². The highest BCUT2D eigenvalue weighted by molar-refractivity contribution is 6.02. The zero-order valence-corrected chi connectivity index (χ0v) is 20.0. The van der Waals surface area contributed by atoms with Gasteiger partial charge in [-0.3, -0.25) is 4.79 Å². The number of rotatable bonds is 4. The summed E-state index contributed by atoms with van der Waals surface area (Å²) in [5.41, 5.74) is 7.16. The molecule has 0 unspecified atom stereocenters. The largest absolute Gasteiger partial charge is 0.493 e. The number of allylic oxidation sites excluding steroid dienone is 2. The fourth-order valence-corrected chi connectivity index (χ4v) is 5.45. The van der Waals surface area contributed by atoms with E-state index in [2.05, 4.69) is 36.5 Å². The van der Waals surface area contributed by atoms with E-state index in [0.717, 1.165) is 51.6 Å². The maximum absolute atomic E-state index is 13.8. The standard InChI is InChI=1S/C29H27NO5/c1-16-4-6-17(7-5-16)28-20-13-26-27(35-15-34-26)14-21(20)30-22-10-19(11-23(31)29(22)28)18-8-9-24(32-2)25(12-18)33-3/h4-9,12-14,19,28,30H,10-11,15H2,1-3H3/t19-,28+/m0/s1. The molecular weight excluding hydrogens is 442 g/mol. The van der Waals surface area contributed by atoms with Crippen LogP contribution in [0.3, 0.4) is 0 Å². The number of aryl methyl sites for hydroxylation is 1. The number of hydrogen-bond acceptors (Lipinski definition) is 6. The Balaban J connectivity index is 1.44. The molecule has 3 aromatic carbocycles. The minimum atomic E-state index is -0.157. The maximum atomic E-state index is 13.8. The first-order valence-electron chi connectivity index (χ1n) is 11.8. The second kappa shape index (κ2) is 8.38. The van der Waals surface area contributed by atoms with Gasteiger partial charge in [0.25, 0.3) is 0 Å². The monoisotopic (exact) mass is 469 g/mol. The number of ether oxygens (including phenoxy) is 4. The molecule has 0 saturated heterocycles. The topological polar surface area (TPSA) is 66.0 Å². The number of ketones is 1. The van der Waals surface area contributed by atoms with Gasteiger partial charge in [-0.25, -0.2) is 0 Å². The van der Waals surface area contributed by atoms with Crippen molar-refractivity contribution in [2.45, 2.75) is 31.6 Å². The van der Waals surface area contributed by atoms with E-state index < -0.39 is 0 Å². The molecule has 0 fully saturated rings. The van der Waals surface area contributed by atoms with Gasteiger partial charge in [0, 0.05) is 35.4 Å². The van der Waals surface area contributed by atoms with E-state index in [1.54, 1.807) is 14.2 Å². The second-order valence-electron chi connectivity index (χ2n) is 9.30. The van der Waals surface area contributed by atoms with Crippen molar-refractivity contribution < 1.29 is 23.7 Å². The van der Waals surface area contributed by atoms with Crippen LogP contribution in [0.15, 0.2) is 65.9 Å². The third-order valence-corrected chi connectivity index (χ3v) is 7.23. The SMILES string of the molecule is COc1ccc([C@@H]2CC(=O)C3=C(C2)Nc2cc4c(cc2[C@H]3c2ccc(C)cc2)OCO4)cc1OC. The van der Waals surface area contributed by atoms with Gasteiger partial charge in [-0.2, -0.15) is 0 Å². The minimum absolute atomic E-state index is 0.0442. The van der Waals surface area contributed by atoms with Gasteiger partial charge < -0.3 is 24.3 Å². The Labute approximate surface area is 204 Å². The first-order chi connectivity index (χ1) is 17.1. The minimum Gasteiger partial charge on any atom is -0.493 e. The first-order valence-corrected chi connectivity index (χ1v) is 11.8. The van der Waals surface area contributed by atoms with Crippen LogP contribution in [0.1, 0.15) is 46.9 Å². The Hall–Kier alpha value is -3.93. The van der Waals surface area contributed by atoms with Crippen LogP contribution in [0.25, 0.3) is 0 Å². The molecule has 6 rings (SSSR count). The highest BCUT2D eigenvalue weighted by Gasteiger charge is 2.39. The number of fused-ring (bicyclic) bond motifs is 2. The summed E-state index contributed by atoms with van der Waals surface area (Å²) in [6, 6.07) is 18.4. The Morgan fingerprint density at radius 2 is 1.57 bits per heavy atom. The molecule has 2 atom stereocenters. The van der Waals surface area contributed by atoms with Crippen molar-refractivity contribution in [1.29, 1.82) is 0 Å². The van der Waals surface area contributed by atoms with E-state index in [9.17, 15) is 4.79 Å². The molecule has 0 saturated carbocycles. The summed E-state index contributed by atoms with van der Waals surface area (Å²) in [5.74, 6) is 2.84. The van der Waals surface area contributed by atoms with Crippen molar-refractivity contribution >= 4 is 11.5 Å². The predicted octanol–water partition coefficient (Wildman–Crippen LogP) is 5.70. The summed E-state index contributed by atoms with van der Waals surface area (Å²) < 4.78 is 22.2. The van der Waals surface area contributed by atoms with Crippen molar-refractivity contribution in [3.05, 3.63) is 88.1 Å². The zero-order chi connectivity index (χ0) is 24.1. The quantitative estimate of drug-likeness (QED) is 0.529. The van der Waals surface area contributed by atoms with Crippen LogP contribution in [-0.2, 0) is 4.79 Å². The third-order valence-electron chi connectivity index (χ3n) is 7.23. The molecule has 0 spiro atoms. The number of hydrogen-bond donors (Lipinski definition) is 1. The molecule has 0 bridgehead atoms. The van der Waals surface area contributed by atoms with Crippen LogP contribution < -0.4 is 24.3 Å². The molecule has 0 aromatic heterocycles. The van der Waals surface area contributed by atoms with Crippen LogP contribution in [0, 0.1) is 6.92 Å². The molecule has 6 nitrogen and oxygen atoms in total. The molecule has 0 amide bonds. The number of anilines is 1. The lowest BCUT2D eigenvalue weighted by Gasteiger charge is -2.37. The summed E-state index contributed by atoms with van der Waals surface area (Å²) in [4.78, 5) is 13.8. The number of carbonyl (C=O) groups excluding carboxylic acids is 1. The second-order valence-corrected chi connectivity index (χ2v) is 9.30. The van der Waals surface area contributed by atoms with Crippen LogP contribution >= 0.6 is 0 Å². The van der Waals surface area contributed by atoms with Gasteiger partial charge in [0.2, 0.25) is 6.79 Å². The van der Waals surface area contributed by atoms with Crippen LogP contribution in [0.5, 0.6) is 23.0 Å². The van der Waals surface area contributed by atoms with Crippen molar-refractivity contribution in [3.8, 4) is 23.0 Å². The highest BCUT2D eigenvalue weighted by Crippen LogP contribution is 2.51. The molecule has 3 aromatic rings. The van der Waals surface area contributed by atoms with Crippen molar-refractivity contribution in [2.75, 3.05) is 26.3 Å². The molecule has 178 valence electrons. The van der Waals surface area contributed by atoms with E-state index in [-0.39, 0.29) is 24.4 Å². The van der Waals surface area contributed by atoms with Crippen molar-refractivity contribution in [3.63, 3.8) is 0 Å². The van der Waals surface area contributed by atoms with Crippen molar-refractivity contribution in [2.24, 2.45) is 0 Å². The van der Waals surface area contributed by atoms with Gasteiger partial charge in [0.1, 0.15) is 0 Å². The lowest BCUT2D eigenvalue weighted by Crippen LogP contribution is -2.29. The average Bonchev–Trinajstić information content (AvgIpc) is 3.33. The molecule has 3 aliphatic rings. The van der Waals surface area contributed by atoms with Gasteiger partial charge in [0.15, 0.2) is 28.8 Å². The summed E-state index contributed by atoms with van der Waals surface area (Å²) in [7, 11) is 3.25. The van der Waals surface area contributed by atoms with Gasteiger partial charge in [-0.05, 0) is 54.2 Å². The van der Waals surface area contributed by atoms with E-state index in [0.29, 0.717) is 17.9 Å². The van der Waals surface area contributed by atoms with Crippen molar-refractivity contribution in [1.82, 2.24) is 0 Å². The van der Waals surface area contributed by atoms with Gasteiger partial charge in [-0.1, -0.05) is 35.9 Å². The molecule has 35 heavy (non-hydrogen) atoms. The van der Waals surface area contributed by atoms with Gasteiger partial charge in [-0.15, -0.1) is 0 Å². The number of methoxy groups -OCH3 is 2. The number of Topliss-reactive ketones (excluding diaryl/α,β-unsaturated/α-hetero) is 1. The smallest absolute Gasteiger partial charge is 0.231 e. The Morgan fingerprint density at radius 3 is 2.31 bits per heavy atom. The zero-order valence-electron chi connectivity index (χ0n) is 20.0. The molecule has 1 aliphatic carbocycles. The fourth-order valence-electron chi connectivity index (χ4n) is 5.45. The van der Waals surface area contributed by atoms with E-state index in [1.807, 2.05) is 30.3 Å². The molecule has 2 aliphatic heterocycles. The third kappa shape index (κ3) is 3.60. The van der Waals surface area contributed by atoms with Crippen LogP contribution in [0.4, 0.5) is 5.69 Å². The Kier molecular flexibility index (Phi) is 5.17. The molecule has 1 N–H and O–H groups in total. The number of carbonyl (C=O) groups is 1. The highest BCUT2D eigenvalue weighted by atomic mass is 16.7.